The Morgan fingerprint density at radius 2 is 2.18 bits per heavy atom. The molecule has 0 aliphatic heterocycles. The van der Waals surface area contributed by atoms with E-state index in [0.29, 0.717) is 12.8 Å². The molecular weight excluding hydrogens is 188 g/mol. The maximum atomic E-state index is 10.4. The van der Waals surface area contributed by atoms with Crippen molar-refractivity contribution in [3.63, 3.8) is 0 Å². The lowest BCUT2D eigenvalue weighted by atomic mass is 10.3. The van der Waals surface area contributed by atoms with Gasteiger partial charge in [-0.1, -0.05) is 5.92 Å². The molecule has 0 aromatic heterocycles. The van der Waals surface area contributed by atoms with Crippen LogP contribution in [0.2, 0.25) is 0 Å². The van der Waals surface area contributed by atoms with E-state index in [1.807, 2.05) is 0 Å². The van der Waals surface area contributed by atoms with Crippen molar-refractivity contribution in [2.75, 3.05) is 12.9 Å². The minimum atomic E-state index is -3.29. The van der Waals surface area contributed by atoms with Crippen molar-refractivity contribution in [1.29, 1.82) is 0 Å². The van der Waals surface area contributed by atoms with Crippen molar-refractivity contribution in [3.05, 3.63) is 0 Å². The maximum absolute atomic E-state index is 10.4. The van der Waals surface area contributed by atoms with Crippen LogP contribution in [0.4, 0.5) is 0 Å². The molecule has 0 saturated heterocycles. The molecule has 0 atom stereocenters. The van der Waals surface area contributed by atoms with Gasteiger partial charge in [-0.2, -0.15) is 8.42 Å². The van der Waals surface area contributed by atoms with Crippen LogP contribution < -0.4 is 0 Å². The quantitative estimate of drug-likeness (QED) is 0.382. The Morgan fingerprint density at radius 1 is 1.55 bits per heavy atom. The van der Waals surface area contributed by atoms with Crippen LogP contribution >= 0.6 is 11.6 Å². The Labute approximate surface area is 71.8 Å². The predicted molar refractivity (Wildman–Crippen MR) is 43.7 cm³/mol. The summed E-state index contributed by atoms with van der Waals surface area (Å²) in [7, 11) is -3.29. The van der Waals surface area contributed by atoms with Crippen LogP contribution in [0.1, 0.15) is 12.8 Å². The zero-order valence-corrected chi connectivity index (χ0v) is 7.70. The summed E-state index contributed by atoms with van der Waals surface area (Å²) in [6.07, 6.45) is 2.14. The monoisotopic (exact) mass is 196 g/mol. The van der Waals surface area contributed by atoms with Gasteiger partial charge in [-0.3, -0.25) is 4.18 Å². The van der Waals surface area contributed by atoms with Crippen LogP contribution in [0, 0.1) is 11.3 Å². The second kappa shape index (κ2) is 5.42. The fourth-order valence-corrected chi connectivity index (χ4v) is 0.933. The highest BCUT2D eigenvalue weighted by molar-refractivity contribution is 7.85. The lowest BCUT2D eigenvalue weighted by molar-refractivity contribution is 0.317. The first-order chi connectivity index (χ1) is 5.06. The van der Waals surface area contributed by atoms with Gasteiger partial charge < -0.3 is 0 Å². The number of hydrogen-bond acceptors (Lipinski definition) is 3. The van der Waals surface area contributed by atoms with Crippen molar-refractivity contribution >= 4 is 21.7 Å². The third-order valence-corrected chi connectivity index (χ3v) is 1.54. The molecule has 0 amide bonds. The van der Waals surface area contributed by atoms with Crippen molar-refractivity contribution in [1.82, 2.24) is 0 Å². The molecule has 0 rings (SSSR count). The topological polar surface area (TPSA) is 43.4 Å². The van der Waals surface area contributed by atoms with Gasteiger partial charge in [0, 0.05) is 11.8 Å². The van der Waals surface area contributed by atoms with Crippen molar-refractivity contribution < 1.29 is 12.6 Å². The summed E-state index contributed by atoms with van der Waals surface area (Å²) in [4.78, 5) is 0. The second-order valence-corrected chi connectivity index (χ2v) is 3.73. The maximum Gasteiger partial charge on any atom is 0.264 e. The van der Waals surface area contributed by atoms with Gasteiger partial charge in [0.15, 0.2) is 0 Å². The number of hydrogen-bond donors (Lipinski definition) is 0. The fraction of sp³-hybridized carbons (Fsp3) is 0.667. The Bertz CT molecular complexity index is 247. The molecule has 0 N–H and O–H groups in total. The van der Waals surface area contributed by atoms with Crippen LogP contribution in [0.25, 0.3) is 0 Å². The summed E-state index contributed by atoms with van der Waals surface area (Å²) >= 11 is 5.05. The van der Waals surface area contributed by atoms with Gasteiger partial charge >= 0.3 is 0 Å². The molecule has 0 fully saturated rings. The van der Waals surface area contributed by atoms with Crippen LogP contribution in [0.3, 0.4) is 0 Å². The van der Waals surface area contributed by atoms with Gasteiger partial charge in [-0.15, -0.1) is 0 Å². The standard InChI is InChI=1S/C6H9ClO3S/c1-11(8,9)10-6-4-2-3-5-7/h2,4,6H2,1H3. The van der Waals surface area contributed by atoms with E-state index in [2.05, 4.69) is 15.5 Å². The SMILES string of the molecule is CS(=O)(=O)OCCCC#CCl. The van der Waals surface area contributed by atoms with E-state index in [4.69, 9.17) is 11.6 Å². The van der Waals surface area contributed by atoms with Crippen LogP contribution in [-0.4, -0.2) is 21.3 Å². The van der Waals surface area contributed by atoms with Gasteiger partial charge in [0.1, 0.15) is 0 Å². The van der Waals surface area contributed by atoms with E-state index in [0.717, 1.165) is 6.26 Å². The Kier molecular flexibility index (Phi) is 5.30. The van der Waals surface area contributed by atoms with Crippen LogP contribution in [0.5, 0.6) is 0 Å². The molecule has 0 aliphatic rings. The zero-order valence-electron chi connectivity index (χ0n) is 6.13. The summed E-state index contributed by atoms with van der Waals surface area (Å²) in [6.45, 7) is 0.171. The average Bonchev–Trinajstić information content (AvgIpc) is 1.85. The second-order valence-electron chi connectivity index (χ2n) is 1.90. The van der Waals surface area contributed by atoms with Gasteiger partial charge in [-0.05, 0) is 18.0 Å². The van der Waals surface area contributed by atoms with E-state index in [1.165, 1.54) is 0 Å². The molecule has 0 saturated carbocycles. The molecule has 0 aromatic rings. The molecule has 0 radical (unpaired) electrons. The van der Waals surface area contributed by atoms with Gasteiger partial charge in [0.05, 0.1) is 12.9 Å². The van der Waals surface area contributed by atoms with Crippen molar-refractivity contribution in [2.45, 2.75) is 12.8 Å². The summed E-state index contributed by atoms with van der Waals surface area (Å²) in [5.41, 5.74) is 0. The molecule has 11 heavy (non-hydrogen) atoms. The predicted octanol–water partition coefficient (Wildman–Crippen LogP) is 0.943. The van der Waals surface area contributed by atoms with Crippen LogP contribution in [-0.2, 0) is 14.3 Å². The normalized spacial score (nSPS) is 10.4. The molecular formula is C6H9ClO3S. The minimum absolute atomic E-state index is 0.171. The summed E-state index contributed by atoms with van der Waals surface area (Å²) in [5.74, 6) is 2.58. The van der Waals surface area contributed by atoms with Crippen molar-refractivity contribution in [3.8, 4) is 11.3 Å². The lowest BCUT2D eigenvalue weighted by Gasteiger charge is -1.96. The number of halogens is 1. The molecule has 0 heterocycles. The lowest BCUT2D eigenvalue weighted by Crippen LogP contribution is -2.03. The molecule has 64 valence electrons. The first-order valence-corrected chi connectivity index (χ1v) is 5.18. The Balaban J connectivity index is 3.34. The third kappa shape index (κ3) is 9.76. The Hall–Kier alpha value is -0.240. The van der Waals surface area contributed by atoms with E-state index >= 15 is 0 Å². The average molecular weight is 197 g/mol. The molecule has 0 aromatic carbocycles. The minimum Gasteiger partial charge on any atom is -0.270 e. The van der Waals surface area contributed by atoms with Crippen LogP contribution in [0.15, 0.2) is 0 Å². The third-order valence-electron chi connectivity index (χ3n) is 0.810. The van der Waals surface area contributed by atoms with E-state index in [9.17, 15) is 8.42 Å². The van der Waals surface area contributed by atoms with E-state index < -0.39 is 10.1 Å². The Morgan fingerprint density at radius 3 is 2.64 bits per heavy atom. The summed E-state index contributed by atoms with van der Waals surface area (Å²) in [5, 5.41) is 2.18. The fourth-order valence-electron chi connectivity index (χ4n) is 0.418. The highest BCUT2D eigenvalue weighted by Gasteiger charge is 1.98. The first kappa shape index (κ1) is 10.8. The molecule has 0 aliphatic carbocycles. The smallest absolute Gasteiger partial charge is 0.264 e. The van der Waals surface area contributed by atoms with Gasteiger partial charge in [0.2, 0.25) is 0 Å². The number of unbranched alkanes of at least 4 members (excludes halogenated alkanes) is 1. The molecule has 0 unspecified atom stereocenters. The summed E-state index contributed by atoms with van der Waals surface area (Å²) < 4.78 is 25.2. The highest BCUT2D eigenvalue weighted by atomic mass is 35.5. The zero-order chi connectivity index (χ0) is 8.74. The highest BCUT2D eigenvalue weighted by Crippen LogP contribution is 1.92. The van der Waals surface area contributed by atoms with Crippen molar-refractivity contribution in [2.24, 2.45) is 0 Å². The number of rotatable bonds is 4. The molecule has 0 spiro atoms. The molecule has 0 bridgehead atoms. The summed E-state index contributed by atoms with van der Waals surface area (Å²) in [6, 6.07) is 0. The first-order valence-electron chi connectivity index (χ1n) is 2.99. The van der Waals surface area contributed by atoms with Gasteiger partial charge in [0.25, 0.3) is 10.1 Å². The van der Waals surface area contributed by atoms with E-state index in [1.54, 1.807) is 0 Å². The molecule has 5 heteroatoms. The van der Waals surface area contributed by atoms with E-state index in [-0.39, 0.29) is 6.61 Å². The largest absolute Gasteiger partial charge is 0.270 e. The van der Waals surface area contributed by atoms with Gasteiger partial charge in [-0.25, -0.2) is 0 Å². The molecule has 3 nitrogen and oxygen atoms in total.